The van der Waals surface area contributed by atoms with Crippen molar-refractivity contribution >= 4 is 18.3 Å². The standard InChI is InChI=1S/C17H24N2O3.ClH/c1-12-4-5-13(10-19-17(20)15-3-2-7-18-15)16(9-12)22-14-6-8-21-11-14;/h4-5,9,14-15,18H,2-3,6-8,10-11H2,1H3,(H,19,20);1H. The zero-order chi connectivity index (χ0) is 15.4. The molecule has 2 aliphatic heterocycles. The van der Waals surface area contributed by atoms with E-state index < -0.39 is 0 Å². The number of benzene rings is 1. The molecule has 2 heterocycles. The molecule has 2 aliphatic rings. The van der Waals surface area contributed by atoms with Crippen LogP contribution in [0.3, 0.4) is 0 Å². The van der Waals surface area contributed by atoms with Gasteiger partial charge in [-0.2, -0.15) is 0 Å². The molecule has 23 heavy (non-hydrogen) atoms. The van der Waals surface area contributed by atoms with Gasteiger partial charge in [0.2, 0.25) is 5.91 Å². The molecular formula is C17H25ClN2O3. The van der Waals surface area contributed by atoms with Gasteiger partial charge in [-0.1, -0.05) is 12.1 Å². The van der Waals surface area contributed by atoms with Crippen molar-refractivity contribution in [1.29, 1.82) is 0 Å². The smallest absolute Gasteiger partial charge is 0.237 e. The number of carbonyl (C=O) groups excluding carboxylic acids is 1. The fourth-order valence-electron chi connectivity index (χ4n) is 2.92. The normalized spacial score (nSPS) is 23.3. The molecule has 2 fully saturated rings. The molecule has 128 valence electrons. The molecule has 0 aliphatic carbocycles. The highest BCUT2D eigenvalue weighted by atomic mass is 35.5. The number of carbonyl (C=O) groups is 1. The van der Waals surface area contributed by atoms with Gasteiger partial charge < -0.3 is 20.1 Å². The van der Waals surface area contributed by atoms with Crippen molar-refractivity contribution in [3.05, 3.63) is 29.3 Å². The molecule has 0 bridgehead atoms. The lowest BCUT2D eigenvalue weighted by Crippen LogP contribution is -2.40. The molecule has 0 spiro atoms. The van der Waals surface area contributed by atoms with Gasteiger partial charge in [0.1, 0.15) is 11.9 Å². The van der Waals surface area contributed by atoms with Crippen molar-refractivity contribution in [2.45, 2.75) is 44.9 Å². The van der Waals surface area contributed by atoms with Crippen molar-refractivity contribution < 1.29 is 14.3 Å². The molecule has 1 amide bonds. The van der Waals surface area contributed by atoms with Gasteiger partial charge in [-0.25, -0.2) is 0 Å². The Morgan fingerprint density at radius 3 is 3.00 bits per heavy atom. The Labute approximate surface area is 143 Å². The number of rotatable bonds is 5. The van der Waals surface area contributed by atoms with Crippen LogP contribution in [-0.4, -0.2) is 37.8 Å². The number of amides is 1. The molecule has 5 nitrogen and oxygen atoms in total. The summed E-state index contributed by atoms with van der Waals surface area (Å²) in [6.07, 6.45) is 3.03. The zero-order valence-corrected chi connectivity index (χ0v) is 14.3. The molecule has 1 aromatic carbocycles. The van der Waals surface area contributed by atoms with Crippen molar-refractivity contribution in [2.24, 2.45) is 0 Å². The van der Waals surface area contributed by atoms with Crippen molar-refractivity contribution in [3.8, 4) is 5.75 Å². The topological polar surface area (TPSA) is 59.6 Å². The van der Waals surface area contributed by atoms with Crippen molar-refractivity contribution in [2.75, 3.05) is 19.8 Å². The Hall–Kier alpha value is -1.30. The molecule has 3 rings (SSSR count). The molecule has 2 atom stereocenters. The molecular weight excluding hydrogens is 316 g/mol. The Kier molecular flexibility index (Phi) is 6.69. The first kappa shape index (κ1) is 18.0. The Balaban J connectivity index is 0.00000192. The summed E-state index contributed by atoms with van der Waals surface area (Å²) in [5.74, 6) is 0.934. The highest BCUT2D eigenvalue weighted by Gasteiger charge is 2.22. The minimum atomic E-state index is -0.0435. The quantitative estimate of drug-likeness (QED) is 0.860. The van der Waals surface area contributed by atoms with E-state index in [9.17, 15) is 4.79 Å². The van der Waals surface area contributed by atoms with E-state index in [-0.39, 0.29) is 30.5 Å². The lowest BCUT2D eigenvalue weighted by Gasteiger charge is -2.17. The van der Waals surface area contributed by atoms with E-state index >= 15 is 0 Å². The molecule has 1 aromatic rings. The maximum atomic E-state index is 12.1. The lowest BCUT2D eigenvalue weighted by molar-refractivity contribution is -0.122. The highest BCUT2D eigenvalue weighted by Crippen LogP contribution is 2.24. The largest absolute Gasteiger partial charge is 0.488 e. The van der Waals surface area contributed by atoms with Gasteiger partial charge in [-0.05, 0) is 37.9 Å². The second-order valence-corrected chi connectivity index (χ2v) is 6.08. The van der Waals surface area contributed by atoms with Crippen LogP contribution >= 0.6 is 12.4 Å². The number of aryl methyl sites for hydroxylation is 1. The lowest BCUT2D eigenvalue weighted by atomic mass is 10.1. The molecule has 6 heteroatoms. The first-order chi connectivity index (χ1) is 10.7. The summed E-state index contributed by atoms with van der Waals surface area (Å²) in [7, 11) is 0. The Morgan fingerprint density at radius 2 is 2.30 bits per heavy atom. The maximum absolute atomic E-state index is 12.1. The van der Waals surface area contributed by atoms with E-state index in [0.717, 1.165) is 49.3 Å². The number of ether oxygens (including phenoxy) is 2. The van der Waals surface area contributed by atoms with Gasteiger partial charge >= 0.3 is 0 Å². The van der Waals surface area contributed by atoms with Gasteiger partial charge in [0.25, 0.3) is 0 Å². The van der Waals surface area contributed by atoms with Gasteiger partial charge in [0, 0.05) is 18.5 Å². The third-order valence-corrected chi connectivity index (χ3v) is 4.23. The second kappa shape index (κ2) is 8.52. The first-order valence-electron chi connectivity index (χ1n) is 8.07. The second-order valence-electron chi connectivity index (χ2n) is 6.08. The Bertz CT molecular complexity index is 527. The molecule has 0 saturated carbocycles. The minimum absolute atomic E-state index is 0. The fourth-order valence-corrected chi connectivity index (χ4v) is 2.92. The van der Waals surface area contributed by atoms with Gasteiger partial charge in [0.15, 0.2) is 0 Å². The van der Waals surface area contributed by atoms with Crippen LogP contribution in [0, 0.1) is 6.92 Å². The summed E-state index contributed by atoms with van der Waals surface area (Å²) in [4.78, 5) is 12.1. The summed E-state index contributed by atoms with van der Waals surface area (Å²) >= 11 is 0. The minimum Gasteiger partial charge on any atom is -0.488 e. The van der Waals surface area contributed by atoms with Crippen LogP contribution in [0.25, 0.3) is 0 Å². The average Bonchev–Trinajstić information content (AvgIpc) is 3.19. The van der Waals surface area contributed by atoms with Crippen molar-refractivity contribution in [1.82, 2.24) is 10.6 Å². The van der Waals surface area contributed by atoms with Crippen LogP contribution < -0.4 is 15.4 Å². The monoisotopic (exact) mass is 340 g/mol. The van der Waals surface area contributed by atoms with E-state index in [1.807, 2.05) is 25.1 Å². The molecule has 2 N–H and O–H groups in total. The van der Waals surface area contributed by atoms with E-state index in [0.29, 0.717) is 13.2 Å². The predicted octanol–water partition coefficient (Wildman–Crippen LogP) is 1.95. The summed E-state index contributed by atoms with van der Waals surface area (Å²) in [5, 5.41) is 6.23. The van der Waals surface area contributed by atoms with Crippen LogP contribution in [0.5, 0.6) is 5.75 Å². The SMILES string of the molecule is Cc1ccc(CNC(=O)C2CCCN2)c(OC2CCOC2)c1.Cl. The number of hydrogen-bond donors (Lipinski definition) is 2. The van der Waals surface area contributed by atoms with E-state index in [1.165, 1.54) is 0 Å². The highest BCUT2D eigenvalue weighted by molar-refractivity contribution is 5.85. The van der Waals surface area contributed by atoms with Crippen LogP contribution in [0.1, 0.15) is 30.4 Å². The number of halogens is 1. The van der Waals surface area contributed by atoms with E-state index in [4.69, 9.17) is 9.47 Å². The maximum Gasteiger partial charge on any atom is 0.237 e. The van der Waals surface area contributed by atoms with Gasteiger partial charge in [-0.3, -0.25) is 4.79 Å². The summed E-state index contributed by atoms with van der Waals surface area (Å²) < 4.78 is 11.4. The predicted molar refractivity (Wildman–Crippen MR) is 91.2 cm³/mol. The van der Waals surface area contributed by atoms with Crippen LogP contribution in [0.4, 0.5) is 0 Å². The third kappa shape index (κ3) is 4.83. The summed E-state index contributed by atoms with van der Waals surface area (Å²) in [5.41, 5.74) is 2.17. The molecule has 2 unspecified atom stereocenters. The van der Waals surface area contributed by atoms with Crippen LogP contribution in [-0.2, 0) is 16.1 Å². The molecule has 2 saturated heterocycles. The van der Waals surface area contributed by atoms with Gasteiger partial charge in [0.05, 0.1) is 19.3 Å². The van der Waals surface area contributed by atoms with Crippen molar-refractivity contribution in [3.63, 3.8) is 0 Å². The van der Waals surface area contributed by atoms with E-state index in [2.05, 4.69) is 10.6 Å². The zero-order valence-electron chi connectivity index (χ0n) is 13.5. The summed E-state index contributed by atoms with van der Waals surface area (Å²) in [6.45, 7) is 4.88. The summed E-state index contributed by atoms with van der Waals surface area (Å²) in [6, 6.07) is 6.07. The van der Waals surface area contributed by atoms with E-state index in [1.54, 1.807) is 0 Å². The molecule has 0 radical (unpaired) electrons. The first-order valence-corrected chi connectivity index (χ1v) is 8.07. The fraction of sp³-hybridized carbons (Fsp3) is 0.588. The third-order valence-electron chi connectivity index (χ3n) is 4.23. The number of hydrogen-bond acceptors (Lipinski definition) is 4. The molecule has 0 aromatic heterocycles. The van der Waals surface area contributed by atoms with Gasteiger partial charge in [-0.15, -0.1) is 12.4 Å². The number of nitrogens with one attached hydrogen (secondary N) is 2. The average molecular weight is 341 g/mol. The van der Waals surface area contributed by atoms with Crippen LogP contribution in [0.2, 0.25) is 0 Å². The van der Waals surface area contributed by atoms with Crippen LogP contribution in [0.15, 0.2) is 18.2 Å². The Morgan fingerprint density at radius 1 is 1.43 bits per heavy atom.